The summed E-state index contributed by atoms with van der Waals surface area (Å²) < 4.78 is 0. The maximum Gasteiger partial charge on any atom is 0.256 e. The number of benzene rings is 1. The molecule has 1 heterocycles. The summed E-state index contributed by atoms with van der Waals surface area (Å²) in [6.45, 7) is 2.53. The van der Waals surface area contributed by atoms with Crippen LogP contribution in [0.1, 0.15) is 35.5 Å². The van der Waals surface area contributed by atoms with Gasteiger partial charge in [-0.15, -0.1) is 0 Å². The van der Waals surface area contributed by atoms with E-state index in [0.29, 0.717) is 24.1 Å². The number of aliphatic hydroxyl groups excluding tert-OH is 2. The Kier molecular flexibility index (Phi) is 3.45. The maximum absolute atomic E-state index is 12.1. The van der Waals surface area contributed by atoms with Crippen molar-refractivity contribution in [2.24, 2.45) is 5.92 Å². The normalized spacial score (nSPS) is 20.5. The monoisotopic (exact) mass is 235 g/mol. The van der Waals surface area contributed by atoms with Gasteiger partial charge in [0, 0.05) is 24.3 Å². The largest absolute Gasteiger partial charge is 0.396 e. The molecule has 0 bridgehead atoms. The fourth-order valence-corrected chi connectivity index (χ4v) is 2.18. The van der Waals surface area contributed by atoms with E-state index in [2.05, 4.69) is 0 Å². The first kappa shape index (κ1) is 12.1. The Morgan fingerprint density at radius 3 is 2.76 bits per heavy atom. The van der Waals surface area contributed by atoms with Crippen molar-refractivity contribution in [2.45, 2.75) is 19.6 Å². The highest BCUT2D eigenvalue weighted by Gasteiger charge is 2.35. The molecule has 0 aromatic heterocycles. The van der Waals surface area contributed by atoms with E-state index in [1.165, 1.54) is 4.90 Å². The molecule has 1 aliphatic heterocycles. The Balaban J connectivity index is 2.15. The Morgan fingerprint density at radius 2 is 2.12 bits per heavy atom. The molecule has 92 valence electrons. The smallest absolute Gasteiger partial charge is 0.256 e. The van der Waals surface area contributed by atoms with Crippen molar-refractivity contribution < 1.29 is 15.0 Å². The summed E-state index contributed by atoms with van der Waals surface area (Å²) in [6.07, 6.45) is -0.216. The third kappa shape index (κ3) is 2.18. The van der Waals surface area contributed by atoms with Crippen LogP contribution in [0.4, 0.5) is 0 Å². The van der Waals surface area contributed by atoms with Crippen molar-refractivity contribution in [3.8, 4) is 0 Å². The van der Waals surface area contributed by atoms with Crippen LogP contribution in [0.15, 0.2) is 24.3 Å². The number of nitrogens with zero attached hydrogens (tertiary/aromatic N) is 1. The third-order valence-electron chi connectivity index (χ3n) is 3.16. The van der Waals surface area contributed by atoms with Gasteiger partial charge >= 0.3 is 0 Å². The van der Waals surface area contributed by atoms with Crippen LogP contribution < -0.4 is 0 Å². The van der Waals surface area contributed by atoms with Gasteiger partial charge < -0.3 is 15.1 Å². The lowest BCUT2D eigenvalue weighted by Crippen LogP contribution is -2.32. The molecule has 2 N–H and O–H groups in total. The lowest BCUT2D eigenvalue weighted by atomic mass is 10.1. The van der Waals surface area contributed by atoms with Gasteiger partial charge in [0.1, 0.15) is 0 Å². The van der Waals surface area contributed by atoms with Crippen LogP contribution in [0, 0.1) is 5.92 Å². The summed E-state index contributed by atoms with van der Waals surface area (Å²) >= 11 is 0. The second-order valence-electron chi connectivity index (χ2n) is 4.54. The quantitative estimate of drug-likeness (QED) is 0.823. The average Bonchev–Trinajstić information content (AvgIpc) is 2.56. The number of hydrogen-bond acceptors (Lipinski definition) is 3. The Morgan fingerprint density at radius 1 is 1.41 bits per heavy atom. The van der Waals surface area contributed by atoms with Gasteiger partial charge in [0.25, 0.3) is 5.91 Å². The Bertz CT molecular complexity index is 419. The molecule has 0 saturated heterocycles. The van der Waals surface area contributed by atoms with Gasteiger partial charge in [0.15, 0.2) is 6.23 Å². The van der Waals surface area contributed by atoms with Crippen LogP contribution in [-0.4, -0.2) is 34.2 Å². The topological polar surface area (TPSA) is 60.8 Å². The first-order valence-corrected chi connectivity index (χ1v) is 5.84. The number of carbonyl (C=O) groups is 1. The Labute approximate surface area is 100 Å². The van der Waals surface area contributed by atoms with Gasteiger partial charge in [-0.05, 0) is 18.4 Å². The summed E-state index contributed by atoms with van der Waals surface area (Å²) in [5.41, 5.74) is 1.25. The molecule has 0 spiro atoms. The van der Waals surface area contributed by atoms with Gasteiger partial charge in [-0.1, -0.05) is 25.1 Å². The second-order valence-corrected chi connectivity index (χ2v) is 4.54. The van der Waals surface area contributed by atoms with E-state index >= 15 is 0 Å². The van der Waals surface area contributed by atoms with Crippen molar-refractivity contribution in [2.75, 3.05) is 13.2 Å². The number of hydrogen-bond donors (Lipinski definition) is 2. The fourth-order valence-electron chi connectivity index (χ4n) is 2.18. The van der Waals surface area contributed by atoms with Crippen molar-refractivity contribution in [3.05, 3.63) is 35.4 Å². The maximum atomic E-state index is 12.1. The SMILES string of the molecule is CC(CCO)CN1C(=O)c2ccccc2C1O. The molecule has 1 aromatic carbocycles. The zero-order valence-corrected chi connectivity index (χ0v) is 9.84. The van der Waals surface area contributed by atoms with Gasteiger partial charge in [-0.25, -0.2) is 0 Å². The first-order valence-electron chi connectivity index (χ1n) is 5.84. The van der Waals surface area contributed by atoms with Crippen LogP contribution in [0.5, 0.6) is 0 Å². The van der Waals surface area contributed by atoms with Gasteiger partial charge in [-0.2, -0.15) is 0 Å². The highest BCUT2D eigenvalue weighted by molar-refractivity contribution is 5.98. The molecule has 2 rings (SSSR count). The van der Waals surface area contributed by atoms with E-state index in [0.717, 1.165) is 0 Å². The van der Waals surface area contributed by atoms with Gasteiger partial charge in [-0.3, -0.25) is 4.79 Å². The minimum Gasteiger partial charge on any atom is -0.396 e. The summed E-state index contributed by atoms with van der Waals surface area (Å²) in [6, 6.07) is 7.12. The lowest BCUT2D eigenvalue weighted by Gasteiger charge is -2.24. The van der Waals surface area contributed by atoms with Crippen LogP contribution in [-0.2, 0) is 0 Å². The van der Waals surface area contributed by atoms with E-state index < -0.39 is 6.23 Å². The minimum atomic E-state index is -0.847. The lowest BCUT2D eigenvalue weighted by molar-refractivity contribution is 0.0102. The van der Waals surface area contributed by atoms with Crippen LogP contribution in [0.25, 0.3) is 0 Å². The fraction of sp³-hybridized carbons (Fsp3) is 0.462. The van der Waals surface area contributed by atoms with E-state index in [-0.39, 0.29) is 18.4 Å². The molecule has 1 amide bonds. The van der Waals surface area contributed by atoms with Gasteiger partial charge in [0.2, 0.25) is 0 Å². The van der Waals surface area contributed by atoms with Gasteiger partial charge in [0.05, 0.1) is 0 Å². The minimum absolute atomic E-state index is 0.103. The summed E-state index contributed by atoms with van der Waals surface area (Å²) in [5, 5.41) is 18.9. The summed E-state index contributed by atoms with van der Waals surface area (Å²) in [5.74, 6) is 0.0470. The predicted molar refractivity (Wildman–Crippen MR) is 63.3 cm³/mol. The number of rotatable bonds is 4. The number of amides is 1. The molecule has 2 unspecified atom stereocenters. The average molecular weight is 235 g/mol. The van der Waals surface area contributed by atoms with E-state index in [9.17, 15) is 9.90 Å². The van der Waals surface area contributed by atoms with E-state index in [1.807, 2.05) is 13.0 Å². The standard InChI is InChI=1S/C13H17NO3/c1-9(6-7-15)8-14-12(16)10-4-2-3-5-11(10)13(14)17/h2-5,9,12,15-16H,6-8H2,1H3. The molecule has 1 aliphatic rings. The molecule has 4 nitrogen and oxygen atoms in total. The molecular weight excluding hydrogens is 218 g/mol. The van der Waals surface area contributed by atoms with Crippen molar-refractivity contribution in [1.82, 2.24) is 4.90 Å². The molecule has 1 aromatic rings. The molecule has 17 heavy (non-hydrogen) atoms. The molecule has 0 aliphatic carbocycles. The zero-order valence-electron chi connectivity index (χ0n) is 9.84. The second kappa shape index (κ2) is 4.85. The number of fused-ring (bicyclic) bond motifs is 1. The molecule has 0 fully saturated rings. The van der Waals surface area contributed by atoms with Crippen LogP contribution >= 0.6 is 0 Å². The first-order chi connectivity index (χ1) is 8.15. The molecule has 0 radical (unpaired) electrons. The molecule has 2 atom stereocenters. The predicted octanol–water partition coefficient (Wildman–Crippen LogP) is 1.15. The molecule has 4 heteroatoms. The summed E-state index contributed by atoms with van der Waals surface area (Å²) in [7, 11) is 0. The Hall–Kier alpha value is -1.39. The van der Waals surface area contributed by atoms with Crippen molar-refractivity contribution in [1.29, 1.82) is 0 Å². The molecule has 0 saturated carbocycles. The number of aliphatic hydroxyl groups is 2. The summed E-state index contributed by atoms with van der Waals surface area (Å²) in [4.78, 5) is 13.5. The van der Waals surface area contributed by atoms with E-state index in [4.69, 9.17) is 5.11 Å². The highest BCUT2D eigenvalue weighted by Crippen LogP contribution is 2.31. The van der Waals surface area contributed by atoms with Crippen molar-refractivity contribution >= 4 is 5.91 Å². The number of carbonyl (C=O) groups excluding carboxylic acids is 1. The van der Waals surface area contributed by atoms with E-state index in [1.54, 1.807) is 18.2 Å². The molecular formula is C13H17NO3. The third-order valence-corrected chi connectivity index (χ3v) is 3.16. The zero-order chi connectivity index (χ0) is 12.4. The van der Waals surface area contributed by atoms with Crippen LogP contribution in [0.3, 0.4) is 0 Å². The van der Waals surface area contributed by atoms with Crippen LogP contribution in [0.2, 0.25) is 0 Å². The highest BCUT2D eigenvalue weighted by atomic mass is 16.3. The van der Waals surface area contributed by atoms with Crippen molar-refractivity contribution in [3.63, 3.8) is 0 Å².